The van der Waals surface area contributed by atoms with E-state index < -0.39 is 11.7 Å². The number of halogens is 3. The van der Waals surface area contributed by atoms with Crippen molar-refractivity contribution in [1.29, 1.82) is 0 Å². The Balaban J connectivity index is 1.52. The summed E-state index contributed by atoms with van der Waals surface area (Å²) in [5.74, 6) is 1.68. The van der Waals surface area contributed by atoms with Crippen LogP contribution in [0.5, 0.6) is 0 Å². The van der Waals surface area contributed by atoms with E-state index in [1.54, 1.807) is 6.20 Å². The Morgan fingerprint density at radius 3 is 2.34 bits per heavy atom. The Labute approximate surface area is 203 Å². The number of hydrogen-bond donors (Lipinski definition) is 2. The van der Waals surface area contributed by atoms with Gasteiger partial charge in [0.1, 0.15) is 11.6 Å². The van der Waals surface area contributed by atoms with Crippen LogP contribution in [0, 0.1) is 0 Å². The maximum atomic E-state index is 13.1. The molecule has 1 saturated heterocycles. The Morgan fingerprint density at radius 2 is 1.63 bits per heavy atom. The number of nitrogens with zero attached hydrogens (tertiary/aromatic N) is 3. The number of benzene rings is 1. The van der Waals surface area contributed by atoms with Gasteiger partial charge in [0.05, 0.1) is 11.3 Å². The summed E-state index contributed by atoms with van der Waals surface area (Å²) in [6.07, 6.45) is 3.42. The van der Waals surface area contributed by atoms with Crippen molar-refractivity contribution in [3.8, 4) is 22.4 Å². The summed E-state index contributed by atoms with van der Waals surface area (Å²) in [4.78, 5) is 11.8. The summed E-state index contributed by atoms with van der Waals surface area (Å²) in [7, 11) is 0. The van der Waals surface area contributed by atoms with Gasteiger partial charge in [-0.1, -0.05) is 31.4 Å². The van der Waals surface area contributed by atoms with Crippen LogP contribution < -0.4 is 15.5 Å². The van der Waals surface area contributed by atoms with Crippen molar-refractivity contribution in [2.75, 3.05) is 36.4 Å². The highest BCUT2D eigenvalue weighted by Gasteiger charge is 2.30. The molecular formula is C27H30F3N5. The molecule has 3 heterocycles. The smallest absolute Gasteiger partial charge is 0.367 e. The number of aromatic nitrogens is 2. The summed E-state index contributed by atoms with van der Waals surface area (Å²) >= 11 is 0. The number of anilines is 2. The fourth-order valence-electron chi connectivity index (χ4n) is 4.92. The highest BCUT2D eigenvalue weighted by molar-refractivity contribution is 5.83. The van der Waals surface area contributed by atoms with E-state index >= 15 is 0 Å². The number of alkyl halides is 3. The maximum Gasteiger partial charge on any atom is 0.416 e. The molecule has 35 heavy (non-hydrogen) atoms. The zero-order valence-corrected chi connectivity index (χ0v) is 19.6. The molecular weight excluding hydrogens is 451 g/mol. The molecule has 3 aromatic rings. The second kappa shape index (κ2) is 10.2. The molecule has 8 heteroatoms. The first-order valence-electron chi connectivity index (χ1n) is 12.3. The van der Waals surface area contributed by atoms with E-state index in [1.807, 2.05) is 24.3 Å². The van der Waals surface area contributed by atoms with Gasteiger partial charge in [-0.15, -0.1) is 0 Å². The van der Waals surface area contributed by atoms with Gasteiger partial charge in [-0.3, -0.25) is 0 Å². The first kappa shape index (κ1) is 23.6. The van der Waals surface area contributed by atoms with Crippen molar-refractivity contribution in [1.82, 2.24) is 15.3 Å². The van der Waals surface area contributed by atoms with E-state index in [0.29, 0.717) is 11.6 Å². The Bertz CT molecular complexity index is 1130. The lowest BCUT2D eigenvalue weighted by molar-refractivity contribution is -0.137. The van der Waals surface area contributed by atoms with Gasteiger partial charge in [0.25, 0.3) is 0 Å². The average Bonchev–Trinajstić information content (AvgIpc) is 2.89. The predicted octanol–water partition coefficient (Wildman–Crippen LogP) is 5.98. The van der Waals surface area contributed by atoms with Gasteiger partial charge in [0, 0.05) is 49.5 Å². The molecule has 2 N–H and O–H groups in total. The fourth-order valence-corrected chi connectivity index (χ4v) is 4.92. The molecule has 1 aliphatic carbocycles. The lowest BCUT2D eigenvalue weighted by atomic mass is 9.95. The standard InChI is InChI=1S/C27H30F3N5/c28-27(29,30)21-8-6-19(7-9-21)23-10-11-25(35-16-14-31-15-17-35)34-26(23)20-12-13-32-24(18-20)33-22-4-2-1-3-5-22/h6-13,18,22,31H,1-5,14-17H2,(H,32,33). The monoisotopic (exact) mass is 481 g/mol. The van der Waals surface area contributed by atoms with E-state index in [1.165, 1.54) is 31.4 Å². The quantitative estimate of drug-likeness (QED) is 0.469. The van der Waals surface area contributed by atoms with Gasteiger partial charge >= 0.3 is 6.18 Å². The van der Waals surface area contributed by atoms with Crippen molar-refractivity contribution in [3.63, 3.8) is 0 Å². The summed E-state index contributed by atoms with van der Waals surface area (Å²) in [6, 6.07) is 13.6. The first-order valence-corrected chi connectivity index (χ1v) is 12.3. The van der Waals surface area contributed by atoms with E-state index in [0.717, 1.165) is 79.6 Å². The second-order valence-electron chi connectivity index (χ2n) is 9.29. The van der Waals surface area contributed by atoms with E-state index in [2.05, 4.69) is 20.5 Å². The Hall–Kier alpha value is -3.13. The molecule has 2 aliphatic rings. The summed E-state index contributed by atoms with van der Waals surface area (Å²) in [5, 5.41) is 6.92. The zero-order valence-electron chi connectivity index (χ0n) is 19.6. The number of nitrogens with one attached hydrogen (secondary N) is 2. The molecule has 0 bridgehead atoms. The first-order chi connectivity index (χ1) is 17.0. The van der Waals surface area contributed by atoms with E-state index in [4.69, 9.17) is 4.98 Å². The average molecular weight is 482 g/mol. The minimum Gasteiger partial charge on any atom is -0.367 e. The third-order valence-corrected chi connectivity index (χ3v) is 6.84. The van der Waals surface area contributed by atoms with Gasteiger partial charge in [-0.2, -0.15) is 13.2 Å². The van der Waals surface area contributed by atoms with Gasteiger partial charge in [-0.05, 0) is 54.8 Å². The van der Waals surface area contributed by atoms with Crippen LogP contribution in [-0.4, -0.2) is 42.2 Å². The molecule has 0 spiro atoms. The summed E-state index contributed by atoms with van der Waals surface area (Å²) in [6.45, 7) is 3.50. The van der Waals surface area contributed by atoms with Crippen LogP contribution >= 0.6 is 0 Å². The molecule has 0 amide bonds. The number of piperazine rings is 1. The van der Waals surface area contributed by atoms with Crippen LogP contribution in [0.3, 0.4) is 0 Å². The Morgan fingerprint density at radius 1 is 0.886 bits per heavy atom. The van der Waals surface area contributed by atoms with E-state index in [9.17, 15) is 13.2 Å². The van der Waals surface area contributed by atoms with Crippen molar-refractivity contribution in [2.45, 2.75) is 44.3 Å². The molecule has 0 radical (unpaired) electrons. The molecule has 0 atom stereocenters. The van der Waals surface area contributed by atoms with Crippen LogP contribution in [0.1, 0.15) is 37.7 Å². The predicted molar refractivity (Wildman–Crippen MR) is 133 cm³/mol. The highest BCUT2D eigenvalue weighted by Crippen LogP contribution is 2.36. The van der Waals surface area contributed by atoms with Crippen molar-refractivity contribution in [3.05, 3.63) is 60.3 Å². The normalized spacial score (nSPS) is 17.4. The molecule has 184 valence electrons. The maximum absolute atomic E-state index is 13.1. The molecule has 1 saturated carbocycles. The van der Waals surface area contributed by atoms with Crippen LogP contribution in [0.15, 0.2) is 54.7 Å². The van der Waals surface area contributed by atoms with Crippen molar-refractivity contribution >= 4 is 11.6 Å². The molecule has 2 fully saturated rings. The lowest BCUT2D eigenvalue weighted by Gasteiger charge is -2.29. The van der Waals surface area contributed by atoms with Crippen molar-refractivity contribution in [2.24, 2.45) is 0 Å². The molecule has 5 nitrogen and oxygen atoms in total. The zero-order chi connectivity index (χ0) is 24.3. The fraction of sp³-hybridized carbons (Fsp3) is 0.407. The Kier molecular flexibility index (Phi) is 6.90. The molecule has 1 aliphatic heterocycles. The highest BCUT2D eigenvalue weighted by atomic mass is 19.4. The number of hydrogen-bond acceptors (Lipinski definition) is 5. The topological polar surface area (TPSA) is 53.1 Å². The van der Waals surface area contributed by atoms with Crippen LogP contribution in [0.2, 0.25) is 0 Å². The molecule has 1 aromatic carbocycles. The van der Waals surface area contributed by atoms with Crippen LogP contribution in [0.25, 0.3) is 22.4 Å². The van der Waals surface area contributed by atoms with Gasteiger partial charge in [0.2, 0.25) is 0 Å². The third-order valence-electron chi connectivity index (χ3n) is 6.84. The summed E-state index contributed by atoms with van der Waals surface area (Å²) < 4.78 is 39.4. The number of rotatable bonds is 5. The molecule has 2 aromatic heterocycles. The molecule has 5 rings (SSSR count). The molecule has 0 unspecified atom stereocenters. The van der Waals surface area contributed by atoms with Crippen molar-refractivity contribution < 1.29 is 13.2 Å². The largest absolute Gasteiger partial charge is 0.416 e. The lowest BCUT2D eigenvalue weighted by Crippen LogP contribution is -2.43. The van der Waals surface area contributed by atoms with Crippen LogP contribution in [0.4, 0.5) is 24.8 Å². The minimum atomic E-state index is -4.36. The van der Waals surface area contributed by atoms with Crippen LogP contribution in [-0.2, 0) is 6.18 Å². The van der Waals surface area contributed by atoms with Gasteiger partial charge in [-0.25, -0.2) is 9.97 Å². The third kappa shape index (κ3) is 5.59. The van der Waals surface area contributed by atoms with Gasteiger partial charge < -0.3 is 15.5 Å². The van der Waals surface area contributed by atoms with E-state index in [-0.39, 0.29) is 0 Å². The minimum absolute atomic E-state index is 0.418. The summed E-state index contributed by atoms with van der Waals surface area (Å²) in [5.41, 5.74) is 2.48. The van der Waals surface area contributed by atoms with Gasteiger partial charge in [0.15, 0.2) is 0 Å². The number of pyridine rings is 2. The SMILES string of the molecule is FC(F)(F)c1ccc(-c2ccc(N3CCNCC3)nc2-c2ccnc(NC3CCCCC3)c2)cc1. The second-order valence-corrected chi connectivity index (χ2v) is 9.29.